The number of hydrogen-bond donors (Lipinski definition) is 3. The van der Waals surface area contributed by atoms with E-state index in [1.807, 2.05) is 55.7 Å². The van der Waals surface area contributed by atoms with Crippen LogP contribution in [0.2, 0.25) is 0 Å². The van der Waals surface area contributed by atoms with Crippen LogP contribution in [-0.4, -0.2) is 64.6 Å². The number of ether oxygens (including phenoxy) is 1. The Morgan fingerprint density at radius 2 is 2.03 bits per heavy atom. The molecule has 0 radical (unpaired) electrons. The predicted octanol–water partition coefficient (Wildman–Crippen LogP) is 4.23. The number of nitrogens with one attached hydrogen (secondary N) is 2. The number of aromatic amines is 1. The summed E-state index contributed by atoms with van der Waals surface area (Å²) in [6, 6.07) is 16.1. The Morgan fingerprint density at radius 1 is 1.21 bits per heavy atom. The number of nitrogens with zero attached hydrogens (tertiary/aromatic N) is 5. The fourth-order valence-corrected chi connectivity index (χ4v) is 5.86. The average Bonchev–Trinajstić information content (AvgIpc) is 3.62. The number of thiophene rings is 1. The molecule has 2 aromatic carbocycles. The van der Waals surface area contributed by atoms with Gasteiger partial charge in [-0.25, -0.2) is 15.4 Å². The molecule has 0 unspecified atom stereocenters. The lowest BCUT2D eigenvalue weighted by atomic mass is 10.1. The smallest absolute Gasteiger partial charge is 0.267 e. The quantitative estimate of drug-likeness (QED) is 0.159. The van der Waals surface area contributed by atoms with Gasteiger partial charge in [-0.15, -0.1) is 11.3 Å². The number of carbonyl (C=O) groups is 1. The first-order valence-corrected chi connectivity index (χ1v) is 13.4. The van der Waals surface area contributed by atoms with Gasteiger partial charge in [-0.05, 0) is 35.9 Å². The Hall–Kier alpha value is -4.32. The van der Waals surface area contributed by atoms with Crippen molar-refractivity contribution < 1.29 is 14.7 Å². The SMILES string of the molecule is CN(Cc1cc2nc(-c3cccc4[nH]ncc34)nc(N3CCOCC3)c2s1)c1ccc(/C=C/C(=O)NO)cc1. The Morgan fingerprint density at radius 3 is 2.82 bits per heavy atom. The monoisotopic (exact) mass is 541 g/mol. The number of anilines is 2. The molecule has 0 bridgehead atoms. The van der Waals surface area contributed by atoms with Crippen molar-refractivity contribution in [2.45, 2.75) is 6.54 Å². The van der Waals surface area contributed by atoms with E-state index in [4.69, 9.17) is 19.9 Å². The zero-order valence-corrected chi connectivity index (χ0v) is 22.1. The van der Waals surface area contributed by atoms with Gasteiger partial charge in [-0.3, -0.25) is 15.1 Å². The number of carbonyl (C=O) groups excluding carboxylic acids is 1. The van der Waals surface area contributed by atoms with Crippen LogP contribution in [0.25, 0.3) is 38.6 Å². The maximum atomic E-state index is 11.2. The van der Waals surface area contributed by atoms with Crippen LogP contribution >= 0.6 is 11.3 Å². The number of rotatable bonds is 7. The fourth-order valence-electron chi connectivity index (χ4n) is 4.69. The summed E-state index contributed by atoms with van der Waals surface area (Å²) in [5.74, 6) is 1.07. The summed E-state index contributed by atoms with van der Waals surface area (Å²) >= 11 is 1.72. The van der Waals surface area contributed by atoms with Crippen LogP contribution in [0.4, 0.5) is 11.5 Å². The molecule has 0 aliphatic carbocycles. The molecule has 1 amide bonds. The minimum Gasteiger partial charge on any atom is -0.378 e. The number of aromatic nitrogens is 4. The van der Waals surface area contributed by atoms with Gasteiger partial charge >= 0.3 is 0 Å². The Kier molecular flexibility index (Phi) is 6.93. The average molecular weight is 542 g/mol. The van der Waals surface area contributed by atoms with Gasteiger partial charge in [0.05, 0.1) is 41.7 Å². The van der Waals surface area contributed by atoms with E-state index in [1.165, 1.54) is 11.0 Å². The van der Waals surface area contributed by atoms with Gasteiger partial charge in [0, 0.05) is 47.7 Å². The second-order valence-corrected chi connectivity index (χ2v) is 10.4. The Bertz CT molecular complexity index is 1660. The van der Waals surface area contributed by atoms with Crippen LogP contribution < -0.4 is 15.3 Å². The maximum Gasteiger partial charge on any atom is 0.267 e. The number of morpholine rings is 1. The van der Waals surface area contributed by atoms with Crippen LogP contribution in [0.15, 0.2) is 60.8 Å². The molecule has 0 saturated carbocycles. The molecule has 5 aromatic rings. The summed E-state index contributed by atoms with van der Waals surface area (Å²) in [6.07, 6.45) is 4.75. The fraction of sp³-hybridized carbons (Fsp3) is 0.214. The molecular formula is C28H27N7O3S. The third kappa shape index (κ3) is 5.19. The molecule has 1 saturated heterocycles. The van der Waals surface area contributed by atoms with Crippen LogP contribution in [0.3, 0.4) is 0 Å². The first-order chi connectivity index (χ1) is 19.1. The molecule has 198 valence electrons. The van der Waals surface area contributed by atoms with Crippen molar-refractivity contribution in [3.63, 3.8) is 0 Å². The van der Waals surface area contributed by atoms with E-state index in [-0.39, 0.29) is 0 Å². The van der Waals surface area contributed by atoms with Gasteiger partial charge in [-0.2, -0.15) is 5.10 Å². The van der Waals surface area contributed by atoms with Crippen molar-refractivity contribution in [1.82, 2.24) is 25.6 Å². The highest BCUT2D eigenvalue weighted by atomic mass is 32.1. The summed E-state index contributed by atoms with van der Waals surface area (Å²) in [7, 11) is 2.05. The zero-order chi connectivity index (χ0) is 26.8. The number of fused-ring (bicyclic) bond motifs is 2. The molecule has 10 nitrogen and oxygen atoms in total. The van der Waals surface area contributed by atoms with Crippen molar-refractivity contribution >= 4 is 55.9 Å². The van der Waals surface area contributed by atoms with Crippen molar-refractivity contribution in [3.8, 4) is 11.4 Å². The van der Waals surface area contributed by atoms with Gasteiger partial charge in [0.1, 0.15) is 0 Å². The number of amides is 1. The molecule has 3 aromatic heterocycles. The van der Waals surface area contributed by atoms with Gasteiger partial charge in [0.2, 0.25) is 0 Å². The summed E-state index contributed by atoms with van der Waals surface area (Å²) in [6.45, 7) is 3.63. The molecular weight excluding hydrogens is 514 g/mol. The first kappa shape index (κ1) is 25.0. The topological polar surface area (TPSA) is 120 Å². The summed E-state index contributed by atoms with van der Waals surface area (Å²) in [4.78, 5) is 27.0. The van der Waals surface area contributed by atoms with Crippen molar-refractivity contribution in [2.75, 3.05) is 43.2 Å². The second-order valence-electron chi connectivity index (χ2n) is 9.29. The molecule has 0 atom stereocenters. The minimum atomic E-state index is -0.565. The highest BCUT2D eigenvalue weighted by molar-refractivity contribution is 7.19. The van der Waals surface area contributed by atoms with E-state index in [1.54, 1.807) is 22.9 Å². The highest BCUT2D eigenvalue weighted by Crippen LogP contribution is 2.36. The molecule has 4 heterocycles. The minimum absolute atomic E-state index is 0.565. The van der Waals surface area contributed by atoms with Crippen LogP contribution in [-0.2, 0) is 16.1 Å². The second kappa shape index (κ2) is 10.8. The number of hydroxylamine groups is 1. The maximum absolute atomic E-state index is 11.2. The van der Waals surface area contributed by atoms with Gasteiger partial charge in [-0.1, -0.05) is 24.3 Å². The van der Waals surface area contributed by atoms with Gasteiger partial charge in [0.25, 0.3) is 5.91 Å². The Labute approximate surface area is 228 Å². The molecule has 11 heteroatoms. The third-order valence-electron chi connectivity index (χ3n) is 6.71. The van der Waals surface area contributed by atoms with Crippen molar-refractivity contribution in [1.29, 1.82) is 0 Å². The van der Waals surface area contributed by atoms with E-state index in [9.17, 15) is 4.79 Å². The van der Waals surface area contributed by atoms with Crippen LogP contribution in [0, 0.1) is 0 Å². The van der Waals surface area contributed by atoms with E-state index >= 15 is 0 Å². The number of hydrogen-bond acceptors (Lipinski definition) is 9. The third-order valence-corrected chi connectivity index (χ3v) is 7.81. The molecule has 6 rings (SSSR count). The van der Waals surface area contributed by atoms with Crippen molar-refractivity contribution in [3.05, 3.63) is 71.2 Å². The molecule has 1 aliphatic heterocycles. The molecule has 1 fully saturated rings. The van der Waals surface area contributed by atoms with Gasteiger partial charge in [0.15, 0.2) is 11.6 Å². The summed E-state index contributed by atoms with van der Waals surface area (Å²) in [5.41, 5.74) is 6.33. The normalized spacial score (nSPS) is 13.9. The van der Waals surface area contributed by atoms with E-state index in [2.05, 4.69) is 26.1 Å². The lowest BCUT2D eigenvalue weighted by Gasteiger charge is -2.28. The lowest BCUT2D eigenvalue weighted by molar-refractivity contribution is -0.124. The first-order valence-electron chi connectivity index (χ1n) is 12.6. The lowest BCUT2D eigenvalue weighted by Crippen LogP contribution is -2.36. The van der Waals surface area contributed by atoms with E-state index in [0.29, 0.717) is 25.6 Å². The highest BCUT2D eigenvalue weighted by Gasteiger charge is 2.21. The van der Waals surface area contributed by atoms with Crippen LogP contribution in [0.5, 0.6) is 0 Å². The number of benzene rings is 2. The predicted molar refractivity (Wildman–Crippen MR) is 153 cm³/mol. The Balaban J connectivity index is 1.32. The standard InChI is InChI=1S/C28H27N7O3S/c1-34(19-8-5-18(6-9-19)7-10-25(36)33-37)17-20-15-24-26(39-20)28(35-11-13-38-14-12-35)31-27(30-24)21-3-2-4-23-22(21)16-29-32-23/h2-10,15-16,37H,11-14,17H2,1H3,(H,29,32)(H,33,36)/b10-7+. The largest absolute Gasteiger partial charge is 0.378 e. The zero-order valence-electron chi connectivity index (χ0n) is 21.3. The molecule has 39 heavy (non-hydrogen) atoms. The molecule has 0 spiro atoms. The molecule has 1 aliphatic rings. The van der Waals surface area contributed by atoms with Crippen LogP contribution in [0.1, 0.15) is 10.4 Å². The van der Waals surface area contributed by atoms with Crippen molar-refractivity contribution in [2.24, 2.45) is 0 Å². The molecule has 3 N–H and O–H groups in total. The number of H-pyrrole nitrogens is 1. The summed E-state index contributed by atoms with van der Waals surface area (Å²) in [5, 5.41) is 16.9. The summed E-state index contributed by atoms with van der Waals surface area (Å²) < 4.78 is 6.68. The van der Waals surface area contributed by atoms with E-state index < -0.39 is 5.91 Å². The van der Waals surface area contributed by atoms with E-state index in [0.717, 1.165) is 56.8 Å². The van der Waals surface area contributed by atoms with Gasteiger partial charge < -0.3 is 14.5 Å².